The highest BCUT2D eigenvalue weighted by Crippen LogP contribution is 2.21. The number of para-hydroxylation sites is 1. The van der Waals surface area contributed by atoms with Crippen LogP contribution in [0.1, 0.15) is 26.4 Å². The molecule has 0 aliphatic heterocycles. The minimum absolute atomic E-state index is 0.0871. The Morgan fingerprint density at radius 1 is 1.19 bits per heavy atom. The van der Waals surface area contributed by atoms with E-state index in [1.807, 2.05) is 18.4 Å². The first-order chi connectivity index (χ1) is 9.99. The van der Waals surface area contributed by atoms with Gasteiger partial charge in [-0.3, -0.25) is 4.79 Å². The minimum Gasteiger partial charge on any atom is -0.478 e. The fourth-order valence-electron chi connectivity index (χ4n) is 1.88. The van der Waals surface area contributed by atoms with Gasteiger partial charge in [-0.15, -0.1) is 11.3 Å². The van der Waals surface area contributed by atoms with Gasteiger partial charge in [0.15, 0.2) is 0 Å². The molecule has 0 aliphatic carbocycles. The van der Waals surface area contributed by atoms with Crippen LogP contribution in [0.25, 0.3) is 6.08 Å². The van der Waals surface area contributed by atoms with Crippen molar-refractivity contribution < 1.29 is 14.7 Å². The van der Waals surface area contributed by atoms with Crippen LogP contribution in [0.4, 0.5) is 5.69 Å². The fourth-order valence-corrected chi connectivity index (χ4v) is 2.70. The Labute approximate surface area is 126 Å². The number of amides is 1. The van der Waals surface area contributed by atoms with E-state index in [9.17, 15) is 9.59 Å². The second-order valence-corrected chi connectivity index (χ2v) is 5.54. The normalized spacial score (nSPS) is 10.8. The third-order valence-corrected chi connectivity index (χ3v) is 4.02. The van der Waals surface area contributed by atoms with Gasteiger partial charge >= 0.3 is 5.97 Å². The molecule has 2 N–H and O–H groups in total. The summed E-state index contributed by atoms with van der Waals surface area (Å²) < 4.78 is 0. The van der Waals surface area contributed by atoms with Crippen LogP contribution in [-0.4, -0.2) is 17.0 Å². The molecule has 0 spiro atoms. The molecule has 0 atom stereocenters. The number of thiophene rings is 1. The summed E-state index contributed by atoms with van der Waals surface area (Å²) in [5.74, 6) is -1.41. The van der Waals surface area contributed by atoms with Gasteiger partial charge < -0.3 is 10.4 Å². The molecule has 1 amide bonds. The van der Waals surface area contributed by atoms with E-state index in [0.29, 0.717) is 11.3 Å². The van der Waals surface area contributed by atoms with E-state index in [4.69, 9.17) is 5.11 Å². The monoisotopic (exact) mass is 301 g/mol. The first kappa shape index (κ1) is 15.0. The zero-order valence-electron chi connectivity index (χ0n) is 11.7. The van der Waals surface area contributed by atoms with Crippen LogP contribution in [0.5, 0.6) is 0 Å². The quantitative estimate of drug-likeness (QED) is 0.846. The molecule has 5 heteroatoms. The SMILES string of the molecule is Cc1ccsc1/C=C/C(=O)Nc1c(C)cccc1C(=O)O. The van der Waals surface area contributed by atoms with E-state index >= 15 is 0 Å². The summed E-state index contributed by atoms with van der Waals surface area (Å²) in [6, 6.07) is 6.86. The Morgan fingerprint density at radius 3 is 2.57 bits per heavy atom. The van der Waals surface area contributed by atoms with Crippen LogP contribution < -0.4 is 5.32 Å². The summed E-state index contributed by atoms with van der Waals surface area (Å²) in [4.78, 5) is 24.1. The van der Waals surface area contributed by atoms with Crippen LogP contribution in [0.2, 0.25) is 0 Å². The van der Waals surface area contributed by atoms with Crippen molar-refractivity contribution in [1.29, 1.82) is 0 Å². The molecule has 0 fully saturated rings. The summed E-state index contributed by atoms with van der Waals surface area (Å²) >= 11 is 1.55. The average Bonchev–Trinajstić information content (AvgIpc) is 2.84. The Hall–Kier alpha value is -2.40. The third-order valence-electron chi connectivity index (χ3n) is 3.04. The van der Waals surface area contributed by atoms with Crippen LogP contribution in [-0.2, 0) is 4.79 Å². The lowest BCUT2D eigenvalue weighted by atomic mass is 10.1. The van der Waals surface area contributed by atoms with E-state index in [2.05, 4.69) is 5.32 Å². The first-order valence-corrected chi connectivity index (χ1v) is 7.23. The molecule has 108 valence electrons. The number of hydrogen-bond donors (Lipinski definition) is 2. The molecular formula is C16H15NO3S. The molecule has 2 aromatic rings. The molecule has 0 radical (unpaired) electrons. The molecule has 0 saturated heterocycles. The Morgan fingerprint density at radius 2 is 1.95 bits per heavy atom. The zero-order chi connectivity index (χ0) is 15.4. The molecule has 21 heavy (non-hydrogen) atoms. The van der Waals surface area contributed by atoms with E-state index in [0.717, 1.165) is 10.4 Å². The Kier molecular flexibility index (Phi) is 4.55. The Balaban J connectivity index is 2.19. The molecule has 1 aromatic heterocycles. The minimum atomic E-state index is -1.06. The van der Waals surface area contributed by atoms with Gasteiger partial charge in [0.05, 0.1) is 11.3 Å². The van der Waals surface area contributed by atoms with Crippen LogP contribution in [0.3, 0.4) is 0 Å². The molecule has 2 rings (SSSR count). The number of carbonyl (C=O) groups is 2. The van der Waals surface area contributed by atoms with E-state index < -0.39 is 5.97 Å². The highest BCUT2D eigenvalue weighted by molar-refractivity contribution is 7.11. The van der Waals surface area contributed by atoms with E-state index in [1.165, 1.54) is 12.1 Å². The van der Waals surface area contributed by atoms with E-state index in [1.54, 1.807) is 36.5 Å². The predicted molar refractivity (Wildman–Crippen MR) is 84.9 cm³/mol. The number of aromatic carboxylic acids is 1. The van der Waals surface area contributed by atoms with Gasteiger partial charge in [0.1, 0.15) is 0 Å². The second kappa shape index (κ2) is 6.37. The maximum atomic E-state index is 12.0. The van der Waals surface area contributed by atoms with Gasteiger partial charge in [0, 0.05) is 11.0 Å². The zero-order valence-corrected chi connectivity index (χ0v) is 12.5. The molecule has 0 saturated carbocycles. The number of benzene rings is 1. The lowest BCUT2D eigenvalue weighted by Gasteiger charge is -2.09. The Bertz CT molecular complexity index is 716. The third kappa shape index (κ3) is 3.58. The summed E-state index contributed by atoms with van der Waals surface area (Å²) in [6.07, 6.45) is 3.14. The number of rotatable bonds is 4. The number of carboxylic acid groups (broad SMARTS) is 1. The van der Waals surface area contributed by atoms with Crippen molar-refractivity contribution in [1.82, 2.24) is 0 Å². The number of hydrogen-bond acceptors (Lipinski definition) is 3. The van der Waals surface area contributed by atoms with Crippen molar-refractivity contribution in [2.45, 2.75) is 13.8 Å². The van der Waals surface area contributed by atoms with Crippen LogP contribution >= 0.6 is 11.3 Å². The largest absolute Gasteiger partial charge is 0.478 e. The standard InChI is InChI=1S/C16H15NO3S/c1-10-8-9-21-13(10)6-7-14(18)17-15-11(2)4-3-5-12(15)16(19)20/h3-9H,1-2H3,(H,17,18)(H,19,20)/b7-6+. The summed E-state index contributed by atoms with van der Waals surface area (Å²) in [7, 11) is 0. The fraction of sp³-hybridized carbons (Fsp3) is 0.125. The predicted octanol–water partition coefficient (Wildman–Crippen LogP) is 3.72. The van der Waals surface area contributed by atoms with Crippen molar-refractivity contribution in [2.24, 2.45) is 0 Å². The van der Waals surface area contributed by atoms with Gasteiger partial charge in [-0.2, -0.15) is 0 Å². The van der Waals surface area contributed by atoms with Crippen molar-refractivity contribution in [3.63, 3.8) is 0 Å². The van der Waals surface area contributed by atoms with Crippen molar-refractivity contribution in [3.05, 3.63) is 57.3 Å². The smallest absolute Gasteiger partial charge is 0.337 e. The maximum Gasteiger partial charge on any atom is 0.337 e. The molecule has 4 nitrogen and oxygen atoms in total. The molecule has 0 bridgehead atoms. The summed E-state index contributed by atoms with van der Waals surface area (Å²) in [5, 5.41) is 13.7. The number of nitrogens with one attached hydrogen (secondary N) is 1. The summed E-state index contributed by atoms with van der Waals surface area (Å²) in [5.41, 5.74) is 2.24. The lowest BCUT2D eigenvalue weighted by molar-refractivity contribution is -0.111. The van der Waals surface area contributed by atoms with Gasteiger partial charge in [-0.1, -0.05) is 12.1 Å². The van der Waals surface area contributed by atoms with Gasteiger partial charge in [-0.05, 0) is 48.6 Å². The second-order valence-electron chi connectivity index (χ2n) is 4.59. The van der Waals surface area contributed by atoms with Crippen LogP contribution in [0.15, 0.2) is 35.7 Å². The highest BCUT2D eigenvalue weighted by Gasteiger charge is 2.13. The number of aryl methyl sites for hydroxylation is 2. The number of carbonyl (C=O) groups excluding carboxylic acids is 1. The van der Waals surface area contributed by atoms with Crippen molar-refractivity contribution >= 4 is 35.0 Å². The van der Waals surface area contributed by atoms with Gasteiger partial charge in [0.25, 0.3) is 0 Å². The van der Waals surface area contributed by atoms with Crippen molar-refractivity contribution in [2.75, 3.05) is 5.32 Å². The van der Waals surface area contributed by atoms with Crippen molar-refractivity contribution in [3.8, 4) is 0 Å². The summed E-state index contributed by atoms with van der Waals surface area (Å²) in [6.45, 7) is 3.73. The maximum absolute atomic E-state index is 12.0. The molecule has 1 aromatic carbocycles. The topological polar surface area (TPSA) is 66.4 Å². The molecule has 0 unspecified atom stereocenters. The van der Waals surface area contributed by atoms with Gasteiger partial charge in [-0.25, -0.2) is 4.79 Å². The molecule has 0 aliphatic rings. The van der Waals surface area contributed by atoms with Gasteiger partial charge in [0.2, 0.25) is 5.91 Å². The highest BCUT2D eigenvalue weighted by atomic mass is 32.1. The van der Waals surface area contributed by atoms with E-state index in [-0.39, 0.29) is 11.5 Å². The lowest BCUT2D eigenvalue weighted by Crippen LogP contribution is -2.13. The number of carboxylic acids is 1. The number of anilines is 1. The molecule has 1 heterocycles. The van der Waals surface area contributed by atoms with Crippen LogP contribution in [0, 0.1) is 13.8 Å². The molecular weight excluding hydrogens is 286 g/mol. The first-order valence-electron chi connectivity index (χ1n) is 6.35. The average molecular weight is 301 g/mol.